The molecule has 0 aromatic rings. The Morgan fingerprint density at radius 1 is 1.05 bits per heavy atom. The van der Waals surface area contributed by atoms with Gasteiger partial charge in [0.1, 0.15) is 11.2 Å². The number of carbonyl (C=O) groups excluding carboxylic acids is 2. The lowest BCUT2D eigenvalue weighted by molar-refractivity contribution is -0.185. The third-order valence-corrected chi connectivity index (χ3v) is 2.93. The Balaban J connectivity index is 3.13. The summed E-state index contributed by atoms with van der Waals surface area (Å²) < 4.78 is 10.9. The minimum absolute atomic E-state index is 0.229. The monoisotopic (exact) mass is 294 g/mol. The maximum atomic E-state index is 12.6. The Kier molecular flexibility index (Phi) is 4.71. The Hall–Kier alpha value is -1.58. The maximum Gasteiger partial charge on any atom is 0.324 e. The summed E-state index contributed by atoms with van der Waals surface area (Å²) in [4.78, 5) is 25.2. The van der Waals surface area contributed by atoms with Crippen LogP contribution in [0.5, 0.6) is 0 Å². The molecule has 0 aromatic heterocycles. The summed E-state index contributed by atoms with van der Waals surface area (Å²) in [6.07, 6.45) is 4.11. The van der Waals surface area contributed by atoms with Crippen LogP contribution in [-0.2, 0) is 19.1 Å². The molecule has 1 rings (SSSR count). The zero-order chi connectivity index (χ0) is 16.5. The quantitative estimate of drug-likeness (QED) is 0.577. The summed E-state index contributed by atoms with van der Waals surface area (Å²) in [7, 11) is 0. The molecule has 0 saturated carbocycles. The molecule has 0 aromatic carbocycles. The molecule has 0 saturated heterocycles. The summed E-state index contributed by atoms with van der Waals surface area (Å²) in [5, 5.41) is 0. The van der Waals surface area contributed by atoms with E-state index in [9.17, 15) is 9.59 Å². The van der Waals surface area contributed by atoms with E-state index in [0.717, 1.165) is 5.57 Å². The van der Waals surface area contributed by atoms with Crippen LogP contribution in [-0.4, -0.2) is 23.1 Å². The van der Waals surface area contributed by atoms with E-state index in [1.165, 1.54) is 0 Å². The van der Waals surface area contributed by atoms with Crippen molar-refractivity contribution in [3.8, 4) is 0 Å². The van der Waals surface area contributed by atoms with Crippen LogP contribution in [0, 0.1) is 5.41 Å². The molecule has 4 heteroatoms. The molecule has 0 N–H and O–H groups in total. The SMILES string of the molecule is C=C1C=CCC(C(=O)OC(C)(C)C)(C(=O)OC(C)(C)C)C1. The van der Waals surface area contributed by atoms with Crippen molar-refractivity contribution in [3.05, 3.63) is 24.3 Å². The van der Waals surface area contributed by atoms with Gasteiger partial charge in [0.05, 0.1) is 0 Å². The fraction of sp³-hybridized carbons (Fsp3) is 0.647. The second-order valence-corrected chi connectivity index (χ2v) is 7.53. The highest BCUT2D eigenvalue weighted by Crippen LogP contribution is 2.39. The standard InChI is InChI=1S/C17H26O4/c1-12-9-8-10-17(11-12,13(18)20-15(2,3)4)14(19)21-16(5,6)7/h8-9H,1,10-11H2,2-7H3. The van der Waals surface area contributed by atoms with E-state index in [-0.39, 0.29) is 12.8 Å². The number of allylic oxidation sites excluding steroid dienone is 3. The van der Waals surface area contributed by atoms with Crippen molar-refractivity contribution < 1.29 is 19.1 Å². The second kappa shape index (κ2) is 5.66. The molecule has 0 radical (unpaired) electrons. The van der Waals surface area contributed by atoms with E-state index in [0.29, 0.717) is 0 Å². The number of ether oxygens (including phenoxy) is 2. The molecule has 0 amide bonds. The lowest BCUT2D eigenvalue weighted by Gasteiger charge is -2.35. The van der Waals surface area contributed by atoms with Crippen LogP contribution < -0.4 is 0 Å². The molecule has 0 heterocycles. The van der Waals surface area contributed by atoms with Gasteiger partial charge in [-0.2, -0.15) is 0 Å². The Morgan fingerprint density at radius 2 is 1.48 bits per heavy atom. The lowest BCUT2D eigenvalue weighted by atomic mass is 9.75. The average molecular weight is 294 g/mol. The number of hydrogen-bond acceptors (Lipinski definition) is 4. The van der Waals surface area contributed by atoms with Gasteiger partial charge in [0.25, 0.3) is 0 Å². The normalized spacial score (nSPS) is 18.3. The number of esters is 2. The zero-order valence-corrected chi connectivity index (χ0v) is 13.9. The minimum Gasteiger partial charge on any atom is -0.459 e. The predicted octanol–water partition coefficient (Wildman–Crippen LogP) is 3.56. The molecule has 0 fully saturated rings. The molecule has 1 aliphatic carbocycles. The highest BCUT2D eigenvalue weighted by atomic mass is 16.6. The summed E-state index contributed by atoms with van der Waals surface area (Å²) in [6.45, 7) is 14.5. The van der Waals surface area contributed by atoms with E-state index >= 15 is 0 Å². The van der Waals surface area contributed by atoms with Crippen LogP contribution in [0.1, 0.15) is 54.4 Å². The molecule has 0 atom stereocenters. The van der Waals surface area contributed by atoms with Crippen molar-refractivity contribution in [1.29, 1.82) is 0 Å². The molecule has 4 nitrogen and oxygen atoms in total. The first kappa shape index (κ1) is 17.5. The zero-order valence-electron chi connectivity index (χ0n) is 13.9. The van der Waals surface area contributed by atoms with Gasteiger partial charge in [0.2, 0.25) is 0 Å². The second-order valence-electron chi connectivity index (χ2n) is 7.53. The molecular weight excluding hydrogens is 268 g/mol. The maximum absolute atomic E-state index is 12.6. The first-order chi connectivity index (χ1) is 9.36. The lowest BCUT2D eigenvalue weighted by Crippen LogP contribution is -2.47. The molecule has 21 heavy (non-hydrogen) atoms. The highest BCUT2D eigenvalue weighted by Gasteiger charge is 2.51. The summed E-state index contributed by atoms with van der Waals surface area (Å²) in [5.41, 5.74) is -1.92. The van der Waals surface area contributed by atoms with Crippen molar-refractivity contribution >= 4 is 11.9 Å². The fourth-order valence-corrected chi connectivity index (χ4v) is 2.09. The predicted molar refractivity (Wildman–Crippen MR) is 81.6 cm³/mol. The van der Waals surface area contributed by atoms with Gasteiger partial charge in [-0.05, 0) is 54.4 Å². The van der Waals surface area contributed by atoms with Gasteiger partial charge in [-0.1, -0.05) is 24.3 Å². The van der Waals surface area contributed by atoms with Crippen molar-refractivity contribution in [3.63, 3.8) is 0 Å². The highest BCUT2D eigenvalue weighted by molar-refractivity contribution is 6.01. The first-order valence-corrected chi connectivity index (χ1v) is 7.17. The molecule has 1 aliphatic rings. The van der Waals surface area contributed by atoms with Gasteiger partial charge in [-0.3, -0.25) is 9.59 Å². The third-order valence-electron chi connectivity index (χ3n) is 2.93. The Labute approximate surface area is 127 Å². The van der Waals surface area contributed by atoms with Crippen molar-refractivity contribution in [1.82, 2.24) is 0 Å². The van der Waals surface area contributed by atoms with Gasteiger partial charge in [-0.25, -0.2) is 0 Å². The Morgan fingerprint density at radius 3 is 1.81 bits per heavy atom. The van der Waals surface area contributed by atoms with Gasteiger partial charge >= 0.3 is 11.9 Å². The summed E-state index contributed by atoms with van der Waals surface area (Å²) in [6, 6.07) is 0. The molecule has 0 bridgehead atoms. The van der Waals surface area contributed by atoms with E-state index < -0.39 is 28.6 Å². The van der Waals surface area contributed by atoms with Crippen molar-refractivity contribution in [2.75, 3.05) is 0 Å². The molecular formula is C17H26O4. The van der Waals surface area contributed by atoms with Gasteiger partial charge in [0, 0.05) is 0 Å². The van der Waals surface area contributed by atoms with E-state index in [1.807, 2.05) is 6.08 Å². The van der Waals surface area contributed by atoms with E-state index in [4.69, 9.17) is 9.47 Å². The Bertz CT molecular complexity index is 444. The fourth-order valence-electron chi connectivity index (χ4n) is 2.09. The van der Waals surface area contributed by atoms with Crippen LogP contribution in [0.25, 0.3) is 0 Å². The van der Waals surface area contributed by atoms with Crippen LogP contribution in [0.4, 0.5) is 0 Å². The van der Waals surface area contributed by atoms with E-state index in [2.05, 4.69) is 6.58 Å². The van der Waals surface area contributed by atoms with Gasteiger partial charge in [-0.15, -0.1) is 0 Å². The summed E-state index contributed by atoms with van der Waals surface area (Å²) >= 11 is 0. The van der Waals surface area contributed by atoms with Gasteiger partial charge in [0.15, 0.2) is 5.41 Å². The van der Waals surface area contributed by atoms with Crippen molar-refractivity contribution in [2.24, 2.45) is 5.41 Å². The topological polar surface area (TPSA) is 52.6 Å². The summed E-state index contributed by atoms with van der Waals surface area (Å²) in [5.74, 6) is -1.09. The molecule has 0 spiro atoms. The average Bonchev–Trinajstić information content (AvgIpc) is 2.23. The molecule has 0 aliphatic heterocycles. The van der Waals surface area contributed by atoms with Crippen LogP contribution in [0.15, 0.2) is 24.3 Å². The smallest absolute Gasteiger partial charge is 0.324 e. The van der Waals surface area contributed by atoms with Gasteiger partial charge < -0.3 is 9.47 Å². The minimum atomic E-state index is -1.33. The number of rotatable bonds is 2. The third kappa shape index (κ3) is 4.73. The molecule has 0 unspecified atom stereocenters. The van der Waals surface area contributed by atoms with Crippen LogP contribution in [0.3, 0.4) is 0 Å². The van der Waals surface area contributed by atoms with E-state index in [1.54, 1.807) is 47.6 Å². The first-order valence-electron chi connectivity index (χ1n) is 7.17. The van der Waals surface area contributed by atoms with Crippen molar-refractivity contribution in [2.45, 2.75) is 65.6 Å². The number of hydrogen-bond donors (Lipinski definition) is 0. The van der Waals surface area contributed by atoms with Crippen LogP contribution in [0.2, 0.25) is 0 Å². The number of carbonyl (C=O) groups is 2. The molecule has 118 valence electrons. The largest absolute Gasteiger partial charge is 0.459 e. The van der Waals surface area contributed by atoms with Crippen LogP contribution >= 0.6 is 0 Å².